The first-order valence-corrected chi connectivity index (χ1v) is 12.6. The maximum absolute atomic E-state index is 7.03. The van der Waals surface area contributed by atoms with Gasteiger partial charge in [0, 0.05) is 56.3 Å². The molecular weight excluding hydrogens is 474 g/mol. The predicted molar refractivity (Wildman–Crippen MR) is 139 cm³/mol. The molecule has 0 spiro atoms. The maximum atomic E-state index is 7.03. The quantitative estimate of drug-likeness (QED) is 0.546. The standard InChI is InChI=1S/C28H32BrN3O/c1-31-14-16-32(17-15-31)25-13-12-24(29)27-23(25)18-26(30)28(33-27,19-21-8-4-2-5-9-21)20-22-10-6-3-7-11-22/h2-13,26H,14-20,30H2,1H3. The van der Waals surface area contributed by atoms with E-state index in [1.54, 1.807) is 0 Å². The Hall–Kier alpha value is -2.34. The first kappa shape index (κ1) is 22.5. The lowest BCUT2D eigenvalue weighted by Crippen LogP contribution is -2.59. The Balaban J connectivity index is 1.54. The van der Waals surface area contributed by atoms with Crippen LogP contribution in [-0.2, 0) is 19.3 Å². The van der Waals surface area contributed by atoms with E-state index < -0.39 is 5.60 Å². The molecule has 1 saturated heterocycles. The zero-order valence-corrected chi connectivity index (χ0v) is 20.8. The molecule has 0 saturated carbocycles. The zero-order chi connectivity index (χ0) is 22.8. The van der Waals surface area contributed by atoms with E-state index in [9.17, 15) is 0 Å². The minimum absolute atomic E-state index is 0.120. The average Bonchev–Trinajstić information content (AvgIpc) is 2.83. The Morgan fingerprint density at radius 3 is 2.03 bits per heavy atom. The summed E-state index contributed by atoms with van der Waals surface area (Å²) in [6, 6.07) is 25.4. The van der Waals surface area contributed by atoms with Gasteiger partial charge in [-0.05, 0) is 52.7 Å². The Morgan fingerprint density at radius 1 is 0.879 bits per heavy atom. The summed E-state index contributed by atoms with van der Waals surface area (Å²) in [5, 5.41) is 0. The number of nitrogens with zero attached hydrogens (tertiary/aromatic N) is 2. The molecule has 172 valence electrons. The molecule has 0 aliphatic carbocycles. The molecule has 3 aromatic rings. The molecule has 5 heteroatoms. The number of hydrogen-bond acceptors (Lipinski definition) is 4. The van der Waals surface area contributed by atoms with Crippen LogP contribution in [0.25, 0.3) is 0 Å². The van der Waals surface area contributed by atoms with Gasteiger partial charge in [0.1, 0.15) is 11.4 Å². The third kappa shape index (κ3) is 4.68. The highest BCUT2D eigenvalue weighted by Gasteiger charge is 2.45. The topological polar surface area (TPSA) is 41.7 Å². The molecular formula is C28H32BrN3O. The summed E-state index contributed by atoms with van der Waals surface area (Å²) < 4.78 is 8.02. The third-order valence-electron chi connectivity index (χ3n) is 7.13. The van der Waals surface area contributed by atoms with Crippen LogP contribution in [0.3, 0.4) is 0 Å². The third-order valence-corrected chi connectivity index (χ3v) is 7.75. The van der Waals surface area contributed by atoms with Gasteiger partial charge in [-0.1, -0.05) is 60.7 Å². The highest BCUT2D eigenvalue weighted by molar-refractivity contribution is 9.10. The fourth-order valence-electron chi connectivity index (χ4n) is 5.20. The lowest BCUT2D eigenvalue weighted by Gasteiger charge is -2.45. The van der Waals surface area contributed by atoms with Gasteiger partial charge in [0.2, 0.25) is 0 Å². The Bertz CT molecular complexity index is 1040. The Morgan fingerprint density at radius 2 is 1.45 bits per heavy atom. The largest absolute Gasteiger partial charge is 0.483 e. The van der Waals surface area contributed by atoms with Crippen LogP contribution in [0.5, 0.6) is 5.75 Å². The van der Waals surface area contributed by atoms with Crippen LogP contribution in [0, 0.1) is 0 Å². The molecule has 0 bridgehead atoms. The highest BCUT2D eigenvalue weighted by Crippen LogP contribution is 2.45. The minimum Gasteiger partial charge on any atom is -0.483 e. The lowest BCUT2D eigenvalue weighted by molar-refractivity contribution is 0.0267. The fourth-order valence-corrected chi connectivity index (χ4v) is 5.66. The van der Waals surface area contributed by atoms with Gasteiger partial charge < -0.3 is 20.3 Å². The van der Waals surface area contributed by atoms with E-state index in [2.05, 4.69) is 106 Å². The van der Waals surface area contributed by atoms with Gasteiger partial charge in [-0.3, -0.25) is 0 Å². The van der Waals surface area contributed by atoms with Crippen molar-refractivity contribution in [1.82, 2.24) is 4.90 Å². The lowest BCUT2D eigenvalue weighted by atomic mass is 9.77. The Labute approximate surface area is 205 Å². The van der Waals surface area contributed by atoms with Crippen LogP contribution in [0.15, 0.2) is 77.3 Å². The smallest absolute Gasteiger partial charge is 0.139 e. The van der Waals surface area contributed by atoms with E-state index in [1.807, 2.05) is 0 Å². The van der Waals surface area contributed by atoms with Crippen LogP contribution in [0.1, 0.15) is 16.7 Å². The molecule has 2 aliphatic rings. The van der Waals surface area contributed by atoms with E-state index in [0.29, 0.717) is 0 Å². The van der Waals surface area contributed by atoms with Gasteiger partial charge in [-0.15, -0.1) is 0 Å². The van der Waals surface area contributed by atoms with Crippen molar-refractivity contribution >= 4 is 21.6 Å². The molecule has 1 fully saturated rings. The number of fused-ring (bicyclic) bond motifs is 1. The highest BCUT2D eigenvalue weighted by atomic mass is 79.9. The van der Waals surface area contributed by atoms with E-state index in [-0.39, 0.29) is 6.04 Å². The summed E-state index contributed by atoms with van der Waals surface area (Å²) in [5.41, 5.74) is 11.5. The molecule has 33 heavy (non-hydrogen) atoms. The van der Waals surface area contributed by atoms with Crippen molar-refractivity contribution in [3.05, 3.63) is 94.0 Å². The summed E-state index contributed by atoms with van der Waals surface area (Å²) in [7, 11) is 2.19. The summed E-state index contributed by atoms with van der Waals surface area (Å²) >= 11 is 3.80. The molecule has 0 radical (unpaired) electrons. The number of likely N-dealkylation sites (N-methyl/N-ethyl adjacent to an activating group) is 1. The summed E-state index contributed by atoms with van der Waals surface area (Å²) in [6.07, 6.45) is 2.35. The van der Waals surface area contributed by atoms with Crippen LogP contribution in [0.2, 0.25) is 0 Å². The first-order chi connectivity index (χ1) is 16.0. The molecule has 5 rings (SSSR count). The number of rotatable bonds is 5. The van der Waals surface area contributed by atoms with Gasteiger partial charge in [-0.25, -0.2) is 0 Å². The monoisotopic (exact) mass is 505 g/mol. The van der Waals surface area contributed by atoms with Crippen molar-refractivity contribution in [1.29, 1.82) is 0 Å². The van der Waals surface area contributed by atoms with Crippen LogP contribution in [0.4, 0.5) is 5.69 Å². The van der Waals surface area contributed by atoms with E-state index >= 15 is 0 Å². The summed E-state index contributed by atoms with van der Waals surface area (Å²) in [5.74, 6) is 0.958. The van der Waals surface area contributed by atoms with Crippen molar-refractivity contribution in [3.8, 4) is 5.75 Å². The average molecular weight is 506 g/mol. The van der Waals surface area contributed by atoms with Crippen molar-refractivity contribution < 1.29 is 4.74 Å². The van der Waals surface area contributed by atoms with Crippen molar-refractivity contribution in [3.63, 3.8) is 0 Å². The molecule has 0 amide bonds. The van der Waals surface area contributed by atoms with Crippen LogP contribution >= 0.6 is 15.9 Å². The molecule has 1 atom stereocenters. The van der Waals surface area contributed by atoms with Gasteiger partial charge in [0.15, 0.2) is 0 Å². The molecule has 3 aromatic carbocycles. The molecule has 2 aliphatic heterocycles. The minimum atomic E-state index is -0.515. The summed E-state index contributed by atoms with van der Waals surface area (Å²) in [6.45, 7) is 4.20. The molecule has 2 heterocycles. The SMILES string of the molecule is CN1CCN(c2ccc(Br)c3c2CC(N)C(Cc2ccccc2)(Cc2ccccc2)O3)CC1. The molecule has 0 aromatic heterocycles. The van der Waals surface area contributed by atoms with E-state index in [0.717, 1.165) is 55.7 Å². The first-order valence-electron chi connectivity index (χ1n) is 11.8. The molecule has 4 nitrogen and oxygen atoms in total. The number of piperazine rings is 1. The zero-order valence-electron chi connectivity index (χ0n) is 19.2. The van der Waals surface area contributed by atoms with Crippen molar-refractivity contribution in [2.75, 3.05) is 38.1 Å². The van der Waals surface area contributed by atoms with Crippen molar-refractivity contribution in [2.45, 2.75) is 30.9 Å². The van der Waals surface area contributed by atoms with Gasteiger partial charge in [0.25, 0.3) is 0 Å². The van der Waals surface area contributed by atoms with Gasteiger partial charge in [-0.2, -0.15) is 0 Å². The number of nitrogens with two attached hydrogens (primary N) is 1. The predicted octanol–water partition coefficient (Wildman–Crippen LogP) is 4.69. The number of anilines is 1. The maximum Gasteiger partial charge on any atom is 0.139 e. The fraction of sp³-hybridized carbons (Fsp3) is 0.357. The second kappa shape index (κ2) is 9.49. The number of ether oxygens (including phenoxy) is 1. The van der Waals surface area contributed by atoms with Crippen molar-refractivity contribution in [2.24, 2.45) is 5.73 Å². The van der Waals surface area contributed by atoms with Gasteiger partial charge in [0.05, 0.1) is 4.47 Å². The molecule has 1 unspecified atom stereocenters. The number of halogens is 1. The van der Waals surface area contributed by atoms with Crippen LogP contribution < -0.4 is 15.4 Å². The van der Waals surface area contributed by atoms with E-state index in [4.69, 9.17) is 10.5 Å². The van der Waals surface area contributed by atoms with Crippen LogP contribution in [-0.4, -0.2) is 49.8 Å². The normalized spacial score (nSPS) is 20.2. The van der Waals surface area contributed by atoms with Gasteiger partial charge >= 0.3 is 0 Å². The Kier molecular flexibility index (Phi) is 6.46. The van der Waals surface area contributed by atoms with E-state index in [1.165, 1.54) is 22.4 Å². The summed E-state index contributed by atoms with van der Waals surface area (Å²) in [4.78, 5) is 4.87. The second-order valence-corrected chi connectivity index (χ2v) is 10.3. The second-order valence-electron chi connectivity index (χ2n) is 9.47. The number of benzene rings is 3. The number of hydrogen-bond donors (Lipinski definition) is 1. The molecule has 2 N–H and O–H groups in total.